The Bertz CT molecular complexity index is 816. The SMILES string of the molecule is C[C-]1[C@@H](O)CCC2(C)C3CC=C4C5CC(C)(C)CC[C@]5([C-]=O)[CH-]C[C@@]4(C)[C@]3(C)CC[C@@H]12.[CH3-].[V].[W].[Y]. The van der Waals surface area contributed by atoms with Gasteiger partial charge in [-0.25, -0.2) is 0 Å². The first-order chi connectivity index (χ1) is 14.4. The molecule has 4 fully saturated rings. The molecule has 5 aliphatic carbocycles. The van der Waals surface area contributed by atoms with Crippen molar-refractivity contribution < 1.29 is 82.2 Å². The Kier molecular flexibility index (Phi) is 11.2. The van der Waals surface area contributed by atoms with E-state index in [1.54, 1.807) is 5.57 Å². The van der Waals surface area contributed by atoms with Gasteiger partial charge in [0.1, 0.15) is 0 Å². The maximum absolute atomic E-state index is 12.4. The summed E-state index contributed by atoms with van der Waals surface area (Å²) in [7, 11) is 0. The molecule has 5 heteroatoms. The van der Waals surface area contributed by atoms with Gasteiger partial charge in [-0.2, -0.15) is 19.3 Å². The summed E-state index contributed by atoms with van der Waals surface area (Å²) < 4.78 is 0. The number of hydrogen-bond acceptors (Lipinski definition) is 2. The van der Waals surface area contributed by atoms with Crippen molar-refractivity contribution in [3.05, 3.63) is 31.4 Å². The van der Waals surface area contributed by atoms with Crippen LogP contribution in [-0.2, 0) is 77.1 Å². The van der Waals surface area contributed by atoms with E-state index in [-0.39, 0.29) is 108 Å². The van der Waals surface area contributed by atoms with E-state index in [2.05, 4.69) is 60.3 Å². The van der Waals surface area contributed by atoms with Gasteiger partial charge in [-0.1, -0.05) is 89.4 Å². The Morgan fingerprint density at radius 2 is 1.74 bits per heavy atom. The molecule has 0 aromatic heterocycles. The Labute approximate surface area is 267 Å². The third-order valence-corrected chi connectivity index (χ3v) is 11.9. The van der Waals surface area contributed by atoms with Gasteiger partial charge in [0.05, 0.1) is 0 Å². The molecule has 5 rings (SSSR count). The zero-order valence-electron chi connectivity index (χ0n) is 23.1. The summed E-state index contributed by atoms with van der Waals surface area (Å²) in [4.78, 5) is 12.4. The molecule has 0 aliphatic heterocycles. The van der Waals surface area contributed by atoms with Crippen LogP contribution in [0.4, 0.5) is 0 Å². The van der Waals surface area contributed by atoms with Gasteiger partial charge >= 0.3 is 0 Å². The number of carbonyl (C=O) groups excluding carboxylic acids is 1. The van der Waals surface area contributed by atoms with Gasteiger partial charge in [-0.3, -0.25) is 17.6 Å². The first-order valence-electron chi connectivity index (χ1n) is 12.9. The fourth-order valence-corrected chi connectivity index (χ4v) is 9.53. The fourth-order valence-electron chi connectivity index (χ4n) is 9.53. The van der Waals surface area contributed by atoms with Gasteiger partial charge in [0.2, 0.25) is 0 Å². The van der Waals surface area contributed by atoms with Crippen LogP contribution >= 0.6 is 0 Å². The van der Waals surface area contributed by atoms with Gasteiger partial charge < -0.3 is 23.7 Å². The van der Waals surface area contributed by atoms with Crippen LogP contribution in [0.3, 0.4) is 0 Å². The van der Waals surface area contributed by atoms with Crippen LogP contribution in [0.5, 0.6) is 0 Å². The molecular formula is C30H46O2VWY-4. The Hall–Kier alpha value is 1.75. The molecule has 8 atom stereocenters. The first-order valence-corrected chi connectivity index (χ1v) is 12.9. The fraction of sp³-hybridized carbons (Fsp3) is 0.800. The predicted octanol–water partition coefficient (Wildman–Crippen LogP) is 7.08. The molecule has 196 valence electrons. The van der Waals surface area contributed by atoms with Gasteiger partial charge in [0.15, 0.2) is 0 Å². The molecule has 1 N–H and O–H groups in total. The van der Waals surface area contributed by atoms with Crippen LogP contribution in [0.25, 0.3) is 0 Å². The minimum Gasteiger partial charge on any atom is -0.544 e. The molecule has 0 spiro atoms. The number of hydrogen-bond donors (Lipinski definition) is 1. The monoisotopic (exact) mass is 762 g/mol. The van der Waals surface area contributed by atoms with Crippen molar-refractivity contribution in [3.63, 3.8) is 0 Å². The van der Waals surface area contributed by atoms with E-state index in [4.69, 9.17) is 0 Å². The van der Waals surface area contributed by atoms with Crippen LogP contribution < -0.4 is 0 Å². The average Bonchev–Trinajstić information content (AvgIpc) is 2.71. The van der Waals surface area contributed by atoms with Crippen LogP contribution in [-0.4, -0.2) is 17.5 Å². The van der Waals surface area contributed by atoms with Crippen molar-refractivity contribution in [2.24, 2.45) is 44.8 Å². The minimum atomic E-state index is -0.357. The van der Waals surface area contributed by atoms with Crippen LogP contribution in [0.2, 0.25) is 0 Å². The first kappa shape index (κ1) is 34.8. The molecule has 4 saturated carbocycles. The van der Waals surface area contributed by atoms with Gasteiger partial charge in [-0.15, -0.1) is 0 Å². The van der Waals surface area contributed by atoms with Gasteiger partial charge in [0.25, 0.3) is 0 Å². The summed E-state index contributed by atoms with van der Waals surface area (Å²) in [6.07, 6.45) is 17.3. The van der Waals surface area contributed by atoms with E-state index in [0.29, 0.717) is 23.2 Å². The summed E-state index contributed by atoms with van der Waals surface area (Å²) in [5, 5.41) is 10.6. The number of aliphatic hydroxyl groups is 1. The third-order valence-electron chi connectivity index (χ3n) is 11.9. The maximum atomic E-state index is 12.4. The Morgan fingerprint density at radius 1 is 1.09 bits per heavy atom. The summed E-state index contributed by atoms with van der Waals surface area (Å²) in [6.45, 7) is 14.7. The molecule has 0 bridgehead atoms. The van der Waals surface area contributed by atoms with Crippen molar-refractivity contribution in [1.29, 1.82) is 0 Å². The molecular weight excluding hydrogens is 716 g/mol. The number of fused-ring (bicyclic) bond motifs is 7. The molecule has 0 aromatic rings. The van der Waals surface area contributed by atoms with Crippen molar-refractivity contribution in [3.8, 4) is 0 Å². The van der Waals surface area contributed by atoms with E-state index in [1.165, 1.54) is 18.8 Å². The largest absolute Gasteiger partial charge is 0.544 e. The van der Waals surface area contributed by atoms with Crippen LogP contribution in [0, 0.1) is 64.6 Å². The van der Waals surface area contributed by atoms with Crippen molar-refractivity contribution in [1.82, 2.24) is 0 Å². The zero-order valence-corrected chi connectivity index (χ0v) is 30.3. The molecule has 0 amide bonds. The van der Waals surface area contributed by atoms with E-state index in [1.807, 2.05) is 0 Å². The summed E-state index contributed by atoms with van der Waals surface area (Å²) in [5.41, 5.74) is 2.20. The molecule has 3 unspecified atom stereocenters. The minimum absolute atomic E-state index is 0. The number of rotatable bonds is 1. The molecule has 2 nitrogen and oxygen atoms in total. The van der Waals surface area contributed by atoms with Gasteiger partial charge in [-0.05, 0) is 47.8 Å². The normalized spacial score (nSPS) is 47.8. The van der Waals surface area contributed by atoms with E-state index in [9.17, 15) is 9.90 Å². The Morgan fingerprint density at radius 3 is 2.37 bits per heavy atom. The zero-order chi connectivity index (χ0) is 22.4. The summed E-state index contributed by atoms with van der Waals surface area (Å²) in [6, 6.07) is 0. The summed E-state index contributed by atoms with van der Waals surface area (Å²) >= 11 is 0. The van der Waals surface area contributed by atoms with E-state index < -0.39 is 0 Å². The molecule has 0 aromatic carbocycles. The van der Waals surface area contributed by atoms with Crippen molar-refractivity contribution in [2.45, 2.75) is 105 Å². The third kappa shape index (κ3) is 4.84. The summed E-state index contributed by atoms with van der Waals surface area (Å²) in [5.74, 6) is 2.87. The topological polar surface area (TPSA) is 37.3 Å². The maximum Gasteiger partial charge on any atom is 0 e. The predicted molar refractivity (Wildman–Crippen MR) is 132 cm³/mol. The van der Waals surface area contributed by atoms with E-state index >= 15 is 0 Å². The Balaban J connectivity index is 0.00000153. The number of aliphatic hydroxyl groups excluding tert-OH is 1. The van der Waals surface area contributed by atoms with Crippen molar-refractivity contribution in [2.75, 3.05) is 0 Å². The molecule has 0 saturated heterocycles. The second-order valence-corrected chi connectivity index (χ2v) is 13.6. The average molecular weight is 762 g/mol. The van der Waals surface area contributed by atoms with Gasteiger partial charge in [0, 0.05) is 72.3 Å². The van der Waals surface area contributed by atoms with Crippen LogP contribution in [0.1, 0.15) is 99.3 Å². The van der Waals surface area contributed by atoms with Crippen LogP contribution in [0.15, 0.2) is 11.6 Å². The van der Waals surface area contributed by atoms with Crippen molar-refractivity contribution >= 4 is 6.29 Å². The molecule has 0 heterocycles. The van der Waals surface area contributed by atoms with E-state index in [0.717, 1.165) is 44.9 Å². The smallest absolute Gasteiger partial charge is 0 e. The number of allylic oxidation sites excluding steroid dienone is 2. The molecule has 5 aliphatic rings. The standard InChI is InChI=1S/C29H43O2.CH3.V.W.Y/c1-19-20-9-12-28(6)24(26(20,4)11-10-23(19)31)8-7-21-22-17-25(2,3)13-15-29(22,18-30)16-14-27(21,28)5;;;;/h7,16,20,22-24,31H,8-15,17H2,1-6H3;1H3;;;/q-3;-1;;;/t20-,22?,23-,24?,26?,27+,28+,29+;;;;/m0..../s1. The quantitative estimate of drug-likeness (QED) is 0.229. The second-order valence-electron chi connectivity index (χ2n) is 13.6. The molecule has 2 radical (unpaired) electrons. The second kappa shape index (κ2) is 11.3. The molecule has 35 heavy (non-hydrogen) atoms.